The molecule has 8 nitrogen and oxygen atoms in total. The molecule has 146 valence electrons. The second-order valence-corrected chi connectivity index (χ2v) is 7.15. The molecule has 1 fully saturated rings. The maximum absolute atomic E-state index is 8.86. The number of hydrogen-bond donors (Lipinski definition) is 3. The molecule has 0 saturated heterocycles. The third-order valence-electron chi connectivity index (χ3n) is 4.94. The Morgan fingerprint density at radius 2 is 1.90 bits per heavy atom. The summed E-state index contributed by atoms with van der Waals surface area (Å²) in [4.78, 5) is 8.20. The molecule has 4 N–H and O–H groups in total. The molecule has 1 aliphatic rings. The third kappa shape index (κ3) is 4.65. The van der Waals surface area contributed by atoms with Gasteiger partial charge < -0.3 is 16.4 Å². The minimum absolute atomic E-state index is 0.225. The first kappa shape index (κ1) is 18.8. The van der Waals surface area contributed by atoms with Gasteiger partial charge in [-0.05, 0) is 25.7 Å². The number of rotatable bonds is 5. The van der Waals surface area contributed by atoms with Gasteiger partial charge in [0.05, 0.1) is 18.1 Å². The standard InChI is InChI=1S/C21H22N8/c22-11-17-12-25-20(13-24-17)27-19-10-18(26-16-8-4-7-15(23)9-16)21(29-28-19)14-5-2-1-3-6-14/h1-3,5-6,10,12-13,15-16H,4,7-9,23H2,(H2,25,26,27,28). The van der Waals surface area contributed by atoms with E-state index in [0.717, 1.165) is 42.6 Å². The molecule has 0 spiro atoms. The number of nitriles is 1. The van der Waals surface area contributed by atoms with Crippen molar-refractivity contribution in [2.45, 2.75) is 37.8 Å². The van der Waals surface area contributed by atoms with Crippen LogP contribution in [0.4, 0.5) is 17.3 Å². The monoisotopic (exact) mass is 386 g/mol. The Labute approximate surface area is 169 Å². The summed E-state index contributed by atoms with van der Waals surface area (Å²) in [7, 11) is 0. The van der Waals surface area contributed by atoms with E-state index < -0.39 is 0 Å². The molecule has 29 heavy (non-hydrogen) atoms. The van der Waals surface area contributed by atoms with Gasteiger partial charge in [0.1, 0.15) is 17.6 Å². The largest absolute Gasteiger partial charge is 0.380 e. The summed E-state index contributed by atoms with van der Waals surface area (Å²) in [6, 6.07) is 14.4. The van der Waals surface area contributed by atoms with Crippen LogP contribution in [0.25, 0.3) is 11.3 Å². The molecular weight excluding hydrogens is 364 g/mol. The fourth-order valence-electron chi connectivity index (χ4n) is 3.53. The second-order valence-electron chi connectivity index (χ2n) is 7.15. The molecule has 0 radical (unpaired) electrons. The summed E-state index contributed by atoms with van der Waals surface area (Å²) in [5.41, 5.74) is 9.11. The highest BCUT2D eigenvalue weighted by Gasteiger charge is 2.21. The second kappa shape index (κ2) is 8.63. The van der Waals surface area contributed by atoms with Crippen LogP contribution in [0.15, 0.2) is 48.8 Å². The molecule has 0 amide bonds. The quantitative estimate of drug-likeness (QED) is 0.610. The fraction of sp³-hybridized carbons (Fsp3) is 0.286. The van der Waals surface area contributed by atoms with Crippen LogP contribution >= 0.6 is 0 Å². The topological polar surface area (TPSA) is 125 Å². The summed E-state index contributed by atoms with van der Waals surface area (Å²) in [5.74, 6) is 1.04. The fourth-order valence-corrected chi connectivity index (χ4v) is 3.53. The molecule has 2 unspecified atom stereocenters. The van der Waals surface area contributed by atoms with Crippen molar-refractivity contribution in [1.29, 1.82) is 5.26 Å². The average Bonchev–Trinajstić information content (AvgIpc) is 2.75. The Balaban J connectivity index is 1.62. The molecule has 0 aliphatic heterocycles. The van der Waals surface area contributed by atoms with Crippen LogP contribution in [0, 0.1) is 11.3 Å². The van der Waals surface area contributed by atoms with Gasteiger partial charge in [0.15, 0.2) is 11.5 Å². The van der Waals surface area contributed by atoms with Crippen molar-refractivity contribution in [3.63, 3.8) is 0 Å². The van der Waals surface area contributed by atoms with E-state index in [1.165, 1.54) is 12.4 Å². The van der Waals surface area contributed by atoms with Crippen molar-refractivity contribution < 1.29 is 0 Å². The molecule has 1 aromatic carbocycles. The van der Waals surface area contributed by atoms with Crippen molar-refractivity contribution in [3.8, 4) is 17.3 Å². The van der Waals surface area contributed by atoms with E-state index in [2.05, 4.69) is 30.8 Å². The van der Waals surface area contributed by atoms with Crippen molar-refractivity contribution in [2.24, 2.45) is 5.73 Å². The highest BCUT2D eigenvalue weighted by molar-refractivity contribution is 5.76. The van der Waals surface area contributed by atoms with Gasteiger partial charge in [0.25, 0.3) is 0 Å². The molecular formula is C21H22N8. The summed E-state index contributed by atoms with van der Waals surface area (Å²) < 4.78 is 0. The van der Waals surface area contributed by atoms with Gasteiger partial charge in [-0.2, -0.15) is 5.26 Å². The zero-order chi connectivity index (χ0) is 20.1. The van der Waals surface area contributed by atoms with Gasteiger partial charge in [-0.15, -0.1) is 10.2 Å². The van der Waals surface area contributed by atoms with Crippen molar-refractivity contribution in [2.75, 3.05) is 10.6 Å². The van der Waals surface area contributed by atoms with Crippen LogP contribution in [0.1, 0.15) is 31.4 Å². The summed E-state index contributed by atoms with van der Waals surface area (Å²) in [6.45, 7) is 0. The van der Waals surface area contributed by atoms with Crippen LogP contribution in [0.2, 0.25) is 0 Å². The highest BCUT2D eigenvalue weighted by atomic mass is 15.2. The zero-order valence-corrected chi connectivity index (χ0v) is 15.9. The Kier molecular flexibility index (Phi) is 5.59. The predicted octanol–water partition coefficient (Wildman–Crippen LogP) is 3.23. The molecule has 2 atom stereocenters. The molecule has 0 bridgehead atoms. The minimum Gasteiger partial charge on any atom is -0.380 e. The van der Waals surface area contributed by atoms with E-state index in [4.69, 9.17) is 11.0 Å². The maximum atomic E-state index is 8.86. The van der Waals surface area contributed by atoms with E-state index in [0.29, 0.717) is 17.7 Å². The molecule has 1 aliphatic carbocycles. The Morgan fingerprint density at radius 3 is 2.62 bits per heavy atom. The maximum Gasteiger partial charge on any atom is 0.158 e. The van der Waals surface area contributed by atoms with Gasteiger partial charge in [-0.25, -0.2) is 9.97 Å². The Bertz CT molecular complexity index is 997. The molecule has 2 aromatic heterocycles. The first-order chi connectivity index (χ1) is 14.2. The summed E-state index contributed by atoms with van der Waals surface area (Å²) in [5, 5.41) is 24.3. The lowest BCUT2D eigenvalue weighted by Gasteiger charge is -2.28. The van der Waals surface area contributed by atoms with Gasteiger partial charge >= 0.3 is 0 Å². The molecule has 8 heteroatoms. The first-order valence-corrected chi connectivity index (χ1v) is 9.65. The normalized spacial score (nSPS) is 18.6. The molecule has 1 saturated carbocycles. The number of hydrogen-bond acceptors (Lipinski definition) is 8. The zero-order valence-electron chi connectivity index (χ0n) is 15.9. The van der Waals surface area contributed by atoms with E-state index in [1.54, 1.807) is 0 Å². The molecule has 3 aromatic rings. The van der Waals surface area contributed by atoms with Crippen LogP contribution in [-0.2, 0) is 0 Å². The van der Waals surface area contributed by atoms with Crippen molar-refractivity contribution >= 4 is 17.3 Å². The lowest BCUT2D eigenvalue weighted by Crippen LogP contribution is -2.35. The van der Waals surface area contributed by atoms with E-state index in [1.807, 2.05) is 42.5 Å². The number of benzene rings is 1. The van der Waals surface area contributed by atoms with Crippen LogP contribution in [-0.4, -0.2) is 32.2 Å². The van der Waals surface area contributed by atoms with Crippen LogP contribution in [0.5, 0.6) is 0 Å². The van der Waals surface area contributed by atoms with Crippen molar-refractivity contribution in [3.05, 3.63) is 54.5 Å². The number of anilines is 3. The van der Waals surface area contributed by atoms with Gasteiger partial charge in [-0.1, -0.05) is 30.3 Å². The summed E-state index contributed by atoms with van der Waals surface area (Å²) in [6.07, 6.45) is 7.11. The number of nitrogens with two attached hydrogens (primary N) is 1. The predicted molar refractivity (Wildman–Crippen MR) is 111 cm³/mol. The van der Waals surface area contributed by atoms with E-state index in [-0.39, 0.29) is 11.7 Å². The van der Waals surface area contributed by atoms with Crippen molar-refractivity contribution in [1.82, 2.24) is 20.2 Å². The lowest BCUT2D eigenvalue weighted by atomic mass is 9.91. The summed E-state index contributed by atoms with van der Waals surface area (Å²) >= 11 is 0. The SMILES string of the molecule is N#Cc1cnc(Nc2cc(NC3CCCC(N)C3)c(-c3ccccc3)nn2)cn1. The Morgan fingerprint density at radius 1 is 1.03 bits per heavy atom. The highest BCUT2D eigenvalue weighted by Crippen LogP contribution is 2.30. The number of aromatic nitrogens is 4. The third-order valence-corrected chi connectivity index (χ3v) is 4.94. The van der Waals surface area contributed by atoms with Gasteiger partial charge in [0.2, 0.25) is 0 Å². The lowest BCUT2D eigenvalue weighted by molar-refractivity contribution is 0.409. The molecule has 2 heterocycles. The Hall–Kier alpha value is -3.57. The van der Waals surface area contributed by atoms with E-state index in [9.17, 15) is 0 Å². The van der Waals surface area contributed by atoms with E-state index >= 15 is 0 Å². The average molecular weight is 386 g/mol. The van der Waals surface area contributed by atoms with Crippen LogP contribution < -0.4 is 16.4 Å². The van der Waals surface area contributed by atoms with Gasteiger partial charge in [-0.3, -0.25) is 0 Å². The molecule has 4 rings (SSSR count). The van der Waals surface area contributed by atoms with Crippen LogP contribution in [0.3, 0.4) is 0 Å². The number of nitrogens with one attached hydrogen (secondary N) is 2. The number of nitrogens with zero attached hydrogens (tertiary/aromatic N) is 5. The minimum atomic E-state index is 0.225. The van der Waals surface area contributed by atoms with Gasteiger partial charge in [0, 0.05) is 23.7 Å². The first-order valence-electron chi connectivity index (χ1n) is 9.65. The smallest absolute Gasteiger partial charge is 0.158 e.